The van der Waals surface area contributed by atoms with Crippen LogP contribution in [0.1, 0.15) is 16.1 Å². The van der Waals surface area contributed by atoms with Gasteiger partial charge in [0.1, 0.15) is 5.75 Å². The molecule has 3 heterocycles. The van der Waals surface area contributed by atoms with Crippen LogP contribution in [0.3, 0.4) is 0 Å². The average Bonchev–Trinajstić information content (AvgIpc) is 3.08. The Hall–Kier alpha value is -3.29. The van der Waals surface area contributed by atoms with E-state index in [1.165, 1.54) is 12.3 Å². The number of aromatic amines is 1. The molecule has 132 valence electrons. The van der Waals surface area contributed by atoms with E-state index in [-0.39, 0.29) is 17.5 Å². The van der Waals surface area contributed by atoms with Gasteiger partial charge in [0.25, 0.3) is 5.91 Å². The number of halogens is 2. The third-order valence-corrected chi connectivity index (χ3v) is 4.08. The van der Waals surface area contributed by atoms with Crippen molar-refractivity contribution in [1.29, 1.82) is 0 Å². The van der Waals surface area contributed by atoms with Crippen molar-refractivity contribution in [3.63, 3.8) is 0 Å². The number of nitrogens with one attached hydrogen (secondary N) is 2. The van der Waals surface area contributed by atoms with Crippen LogP contribution in [0, 0.1) is 0 Å². The van der Waals surface area contributed by atoms with Crippen LogP contribution in [0.5, 0.6) is 5.75 Å². The molecular formula is C18H14F2N4O2. The Morgan fingerprint density at radius 1 is 1.15 bits per heavy atom. The van der Waals surface area contributed by atoms with Gasteiger partial charge in [-0.15, -0.1) is 0 Å². The number of aromatic nitrogens is 3. The largest absolute Gasteiger partial charge is 0.434 e. The fourth-order valence-corrected chi connectivity index (χ4v) is 2.92. The number of carbonyl (C=O) groups is 1. The minimum absolute atomic E-state index is 0.00445. The summed E-state index contributed by atoms with van der Waals surface area (Å²) in [6, 6.07) is 9.77. The SMILES string of the molecule is O=C1NCCc2[nH]c(-c3ccnc(-c4ccccc4OC(F)F)n3)cc21. The molecule has 3 aromatic rings. The van der Waals surface area contributed by atoms with Crippen LogP contribution in [0.15, 0.2) is 42.6 Å². The first-order valence-electron chi connectivity index (χ1n) is 7.99. The second-order valence-electron chi connectivity index (χ2n) is 5.72. The first-order valence-corrected chi connectivity index (χ1v) is 7.99. The van der Waals surface area contributed by atoms with Gasteiger partial charge in [0.2, 0.25) is 0 Å². The number of benzene rings is 1. The van der Waals surface area contributed by atoms with E-state index in [1.54, 1.807) is 30.3 Å². The lowest BCUT2D eigenvalue weighted by Gasteiger charge is -2.11. The molecule has 0 saturated heterocycles. The van der Waals surface area contributed by atoms with Crippen molar-refractivity contribution in [3.8, 4) is 28.5 Å². The number of H-pyrrole nitrogens is 1. The fraction of sp³-hybridized carbons (Fsp3) is 0.167. The Kier molecular flexibility index (Phi) is 4.08. The smallest absolute Gasteiger partial charge is 0.387 e. The zero-order valence-corrected chi connectivity index (χ0v) is 13.5. The first-order chi connectivity index (χ1) is 12.6. The van der Waals surface area contributed by atoms with E-state index in [0.29, 0.717) is 35.5 Å². The molecule has 0 atom stereocenters. The monoisotopic (exact) mass is 356 g/mol. The summed E-state index contributed by atoms with van der Waals surface area (Å²) >= 11 is 0. The molecule has 1 aliphatic rings. The molecular weight excluding hydrogens is 342 g/mol. The molecule has 1 aromatic carbocycles. The highest BCUT2D eigenvalue weighted by atomic mass is 19.3. The van der Waals surface area contributed by atoms with Crippen LogP contribution in [-0.4, -0.2) is 34.0 Å². The van der Waals surface area contributed by atoms with Crippen molar-refractivity contribution in [2.75, 3.05) is 6.54 Å². The van der Waals surface area contributed by atoms with Gasteiger partial charge in [-0.3, -0.25) is 4.79 Å². The van der Waals surface area contributed by atoms with Gasteiger partial charge in [0.15, 0.2) is 5.82 Å². The average molecular weight is 356 g/mol. The van der Waals surface area contributed by atoms with Crippen molar-refractivity contribution >= 4 is 5.91 Å². The normalized spacial score (nSPS) is 13.4. The molecule has 0 radical (unpaired) electrons. The van der Waals surface area contributed by atoms with E-state index in [1.807, 2.05) is 0 Å². The zero-order chi connectivity index (χ0) is 18.1. The molecule has 26 heavy (non-hydrogen) atoms. The number of carbonyl (C=O) groups excluding carboxylic acids is 1. The van der Waals surface area contributed by atoms with E-state index in [2.05, 4.69) is 25.0 Å². The predicted molar refractivity (Wildman–Crippen MR) is 89.9 cm³/mol. The van der Waals surface area contributed by atoms with Gasteiger partial charge < -0.3 is 15.0 Å². The van der Waals surface area contributed by atoms with Gasteiger partial charge in [-0.05, 0) is 24.3 Å². The lowest BCUT2D eigenvalue weighted by atomic mass is 10.1. The van der Waals surface area contributed by atoms with E-state index in [4.69, 9.17) is 0 Å². The Balaban J connectivity index is 1.74. The minimum Gasteiger partial charge on any atom is -0.434 e. The van der Waals surface area contributed by atoms with Gasteiger partial charge in [0, 0.05) is 24.9 Å². The number of ether oxygens (including phenoxy) is 1. The van der Waals surface area contributed by atoms with Crippen molar-refractivity contribution in [2.24, 2.45) is 0 Å². The van der Waals surface area contributed by atoms with E-state index >= 15 is 0 Å². The van der Waals surface area contributed by atoms with E-state index < -0.39 is 6.61 Å². The second kappa shape index (κ2) is 6.55. The summed E-state index contributed by atoms with van der Waals surface area (Å²) in [5, 5.41) is 2.79. The van der Waals surface area contributed by atoms with E-state index in [0.717, 1.165) is 5.69 Å². The number of rotatable bonds is 4. The molecule has 0 bridgehead atoms. The minimum atomic E-state index is -2.94. The highest BCUT2D eigenvalue weighted by Crippen LogP contribution is 2.30. The van der Waals surface area contributed by atoms with Crippen LogP contribution in [-0.2, 0) is 6.42 Å². The maximum absolute atomic E-state index is 12.6. The topological polar surface area (TPSA) is 79.9 Å². The van der Waals surface area contributed by atoms with Crippen LogP contribution >= 0.6 is 0 Å². The third-order valence-electron chi connectivity index (χ3n) is 4.08. The third kappa shape index (κ3) is 3.01. The van der Waals surface area contributed by atoms with Gasteiger partial charge in [-0.2, -0.15) is 8.78 Å². The Morgan fingerprint density at radius 2 is 2.00 bits per heavy atom. The predicted octanol–water partition coefficient (Wildman–Crippen LogP) is 3.03. The van der Waals surface area contributed by atoms with E-state index in [9.17, 15) is 13.6 Å². The number of para-hydroxylation sites is 1. The molecule has 0 fully saturated rings. The van der Waals surface area contributed by atoms with Crippen LogP contribution in [0.4, 0.5) is 8.78 Å². The molecule has 0 aliphatic carbocycles. The molecule has 0 saturated carbocycles. The fourth-order valence-electron chi connectivity index (χ4n) is 2.92. The molecule has 8 heteroatoms. The molecule has 0 spiro atoms. The molecule has 6 nitrogen and oxygen atoms in total. The first kappa shape index (κ1) is 16.2. The summed E-state index contributed by atoms with van der Waals surface area (Å²) in [6.45, 7) is -2.35. The number of hydrogen-bond acceptors (Lipinski definition) is 4. The number of nitrogens with zero attached hydrogens (tertiary/aromatic N) is 2. The standard InChI is InChI=1S/C18H14F2N4O2/c19-18(20)26-15-4-2-1-3-10(15)16-21-7-6-13(24-16)14-9-11-12(23-14)5-8-22-17(11)25/h1-4,6-7,9,18,23H,5,8H2,(H,22,25). The Morgan fingerprint density at radius 3 is 2.81 bits per heavy atom. The summed E-state index contributed by atoms with van der Waals surface area (Å²) in [5.74, 6) is 0.138. The van der Waals surface area contributed by atoms with Crippen molar-refractivity contribution in [1.82, 2.24) is 20.3 Å². The number of alkyl halides is 2. The van der Waals surface area contributed by atoms with Crippen molar-refractivity contribution in [3.05, 3.63) is 53.9 Å². The molecule has 1 aliphatic heterocycles. The Labute approximate surface area is 147 Å². The Bertz CT molecular complexity index is 971. The van der Waals surface area contributed by atoms with Gasteiger partial charge in [-0.25, -0.2) is 9.97 Å². The maximum atomic E-state index is 12.6. The van der Waals surface area contributed by atoms with Gasteiger partial charge in [-0.1, -0.05) is 12.1 Å². The number of amides is 1. The summed E-state index contributed by atoms with van der Waals surface area (Å²) in [7, 11) is 0. The summed E-state index contributed by atoms with van der Waals surface area (Å²) in [6.07, 6.45) is 2.25. The highest BCUT2D eigenvalue weighted by molar-refractivity contribution is 5.97. The number of hydrogen-bond donors (Lipinski definition) is 2. The van der Waals surface area contributed by atoms with Gasteiger partial charge >= 0.3 is 6.61 Å². The number of fused-ring (bicyclic) bond motifs is 1. The molecule has 0 unspecified atom stereocenters. The lowest BCUT2D eigenvalue weighted by molar-refractivity contribution is -0.0494. The van der Waals surface area contributed by atoms with Gasteiger partial charge in [0.05, 0.1) is 22.5 Å². The quantitative estimate of drug-likeness (QED) is 0.753. The molecule has 4 rings (SSSR count). The van der Waals surface area contributed by atoms with Crippen LogP contribution < -0.4 is 10.1 Å². The highest BCUT2D eigenvalue weighted by Gasteiger charge is 2.21. The summed E-state index contributed by atoms with van der Waals surface area (Å²) in [4.78, 5) is 23.7. The molecule has 2 aromatic heterocycles. The second-order valence-corrected chi connectivity index (χ2v) is 5.72. The van der Waals surface area contributed by atoms with Crippen LogP contribution in [0.25, 0.3) is 22.8 Å². The molecule has 1 amide bonds. The van der Waals surface area contributed by atoms with Crippen molar-refractivity contribution < 1.29 is 18.3 Å². The zero-order valence-electron chi connectivity index (χ0n) is 13.5. The lowest BCUT2D eigenvalue weighted by Crippen LogP contribution is -2.31. The molecule has 2 N–H and O–H groups in total. The van der Waals surface area contributed by atoms with Crippen molar-refractivity contribution in [2.45, 2.75) is 13.0 Å². The summed E-state index contributed by atoms with van der Waals surface area (Å²) < 4.78 is 29.8. The maximum Gasteiger partial charge on any atom is 0.387 e. The summed E-state index contributed by atoms with van der Waals surface area (Å²) in [5.41, 5.74) is 3.04. The van der Waals surface area contributed by atoms with Crippen LogP contribution in [0.2, 0.25) is 0 Å².